The Morgan fingerprint density at radius 2 is 1.64 bits per heavy atom. The number of aromatic nitrogens is 4. The highest BCUT2D eigenvalue weighted by molar-refractivity contribution is 7.19. The van der Waals surface area contributed by atoms with Crippen molar-refractivity contribution in [3.63, 3.8) is 0 Å². The van der Waals surface area contributed by atoms with E-state index < -0.39 is 0 Å². The van der Waals surface area contributed by atoms with E-state index in [0.29, 0.717) is 18.0 Å². The molecule has 0 spiro atoms. The maximum Gasteiger partial charge on any atom is 0.352 e. The zero-order chi connectivity index (χ0) is 19.3. The zero-order valence-corrected chi connectivity index (χ0v) is 16.4. The van der Waals surface area contributed by atoms with Crippen molar-refractivity contribution in [2.24, 2.45) is 0 Å². The van der Waals surface area contributed by atoms with Gasteiger partial charge in [0.05, 0.1) is 11.9 Å². The Morgan fingerprint density at radius 3 is 2.36 bits per heavy atom. The minimum Gasteiger partial charge on any atom is -0.278 e. The topological polar surface area (TPSA) is 52.2 Å². The van der Waals surface area contributed by atoms with Gasteiger partial charge < -0.3 is 0 Å². The molecule has 0 radical (unpaired) electrons. The van der Waals surface area contributed by atoms with E-state index in [1.54, 1.807) is 11.3 Å². The second-order valence-electron chi connectivity index (χ2n) is 6.85. The molecule has 2 aromatic carbocycles. The Hall–Kier alpha value is -3.25. The molecule has 0 aliphatic rings. The van der Waals surface area contributed by atoms with Gasteiger partial charge in [0.15, 0.2) is 11.5 Å². The molecule has 0 atom stereocenters. The van der Waals surface area contributed by atoms with Crippen LogP contribution in [0.4, 0.5) is 0 Å². The fourth-order valence-corrected chi connectivity index (χ4v) is 4.63. The number of rotatable bonds is 3. The number of thiophene rings is 1. The summed E-state index contributed by atoms with van der Waals surface area (Å²) < 4.78 is 3.26. The van der Waals surface area contributed by atoms with Crippen LogP contribution in [0.5, 0.6) is 0 Å². The SMILES string of the molecule is Cc1sc2c(c1C)c1nc(-c3ccccc3)nn1c(=O)n2Cc1ccccc1. The van der Waals surface area contributed by atoms with E-state index >= 15 is 0 Å². The highest BCUT2D eigenvalue weighted by Crippen LogP contribution is 2.32. The van der Waals surface area contributed by atoms with Crippen LogP contribution in [0.3, 0.4) is 0 Å². The summed E-state index contributed by atoms with van der Waals surface area (Å²) in [4.78, 5) is 20.2. The summed E-state index contributed by atoms with van der Waals surface area (Å²) in [6, 6.07) is 19.8. The first-order chi connectivity index (χ1) is 13.6. The Kier molecular flexibility index (Phi) is 3.87. The Bertz CT molecular complexity index is 1360. The number of fused-ring (bicyclic) bond motifs is 3. The van der Waals surface area contributed by atoms with Crippen molar-refractivity contribution in [2.45, 2.75) is 20.4 Å². The second kappa shape index (κ2) is 6.42. The molecule has 5 rings (SSSR count). The molecule has 6 heteroatoms. The summed E-state index contributed by atoms with van der Waals surface area (Å²) in [5.74, 6) is 0.569. The standard InChI is InChI=1S/C22H18N4OS/c1-14-15(2)28-21-18(14)20-23-19(17-11-7-4-8-12-17)24-26(20)22(27)25(21)13-16-9-5-3-6-10-16/h3-12H,13H2,1-2H3. The largest absolute Gasteiger partial charge is 0.352 e. The van der Waals surface area contributed by atoms with Crippen LogP contribution in [0.1, 0.15) is 16.0 Å². The van der Waals surface area contributed by atoms with Crippen LogP contribution >= 0.6 is 11.3 Å². The summed E-state index contributed by atoms with van der Waals surface area (Å²) in [7, 11) is 0. The molecular weight excluding hydrogens is 368 g/mol. The highest BCUT2D eigenvalue weighted by atomic mass is 32.1. The average Bonchev–Trinajstić information content (AvgIpc) is 3.29. The van der Waals surface area contributed by atoms with Crippen molar-refractivity contribution < 1.29 is 0 Å². The summed E-state index contributed by atoms with van der Waals surface area (Å²) in [6.45, 7) is 4.68. The third kappa shape index (κ3) is 2.57. The van der Waals surface area contributed by atoms with Gasteiger partial charge in [0.2, 0.25) is 0 Å². The van der Waals surface area contributed by atoms with Crippen LogP contribution in [-0.2, 0) is 6.54 Å². The predicted octanol–water partition coefficient (Wildman–Crippen LogP) is 4.44. The third-order valence-electron chi connectivity index (χ3n) is 5.07. The lowest BCUT2D eigenvalue weighted by molar-refractivity contribution is 0.720. The minimum atomic E-state index is -0.165. The molecule has 0 N–H and O–H groups in total. The maximum atomic E-state index is 13.3. The van der Waals surface area contributed by atoms with Gasteiger partial charge in [0, 0.05) is 10.4 Å². The van der Waals surface area contributed by atoms with Crippen molar-refractivity contribution in [1.82, 2.24) is 19.2 Å². The smallest absolute Gasteiger partial charge is 0.278 e. The van der Waals surface area contributed by atoms with Gasteiger partial charge in [0.1, 0.15) is 4.83 Å². The first kappa shape index (κ1) is 16.9. The molecular formula is C22H18N4OS. The number of hydrogen-bond acceptors (Lipinski definition) is 4. The number of benzene rings is 2. The summed E-state index contributed by atoms with van der Waals surface area (Å²) in [5, 5.41) is 5.57. The van der Waals surface area contributed by atoms with Gasteiger partial charge >= 0.3 is 5.69 Å². The number of nitrogens with zero attached hydrogens (tertiary/aromatic N) is 4. The lowest BCUT2D eigenvalue weighted by atomic mass is 10.2. The Balaban J connectivity index is 1.83. The molecule has 5 aromatic rings. The fraction of sp³-hybridized carbons (Fsp3) is 0.136. The molecule has 28 heavy (non-hydrogen) atoms. The molecule has 3 aromatic heterocycles. The predicted molar refractivity (Wildman–Crippen MR) is 113 cm³/mol. The first-order valence-corrected chi connectivity index (χ1v) is 9.94. The normalized spacial score (nSPS) is 11.5. The molecule has 3 heterocycles. The van der Waals surface area contributed by atoms with Crippen molar-refractivity contribution in [3.05, 3.63) is 87.2 Å². The van der Waals surface area contributed by atoms with E-state index in [1.807, 2.05) is 65.2 Å². The molecule has 138 valence electrons. The molecule has 0 aliphatic heterocycles. The average molecular weight is 386 g/mol. The molecule has 0 unspecified atom stereocenters. The van der Waals surface area contributed by atoms with Crippen molar-refractivity contribution in [3.8, 4) is 11.4 Å². The van der Waals surface area contributed by atoms with Crippen LogP contribution in [0.25, 0.3) is 27.3 Å². The molecule has 0 fully saturated rings. The van der Waals surface area contributed by atoms with Gasteiger partial charge in [-0.15, -0.1) is 16.4 Å². The molecule has 0 saturated heterocycles. The van der Waals surface area contributed by atoms with Crippen molar-refractivity contribution in [1.29, 1.82) is 0 Å². The fourth-order valence-electron chi connectivity index (χ4n) is 3.49. The van der Waals surface area contributed by atoms with E-state index in [4.69, 9.17) is 4.98 Å². The second-order valence-corrected chi connectivity index (χ2v) is 8.06. The summed E-state index contributed by atoms with van der Waals surface area (Å²) >= 11 is 1.64. The van der Waals surface area contributed by atoms with Gasteiger partial charge in [0.25, 0.3) is 0 Å². The number of hydrogen-bond donors (Lipinski definition) is 0. The van der Waals surface area contributed by atoms with Crippen LogP contribution in [0.15, 0.2) is 65.5 Å². The van der Waals surface area contributed by atoms with Crippen LogP contribution in [0, 0.1) is 13.8 Å². The van der Waals surface area contributed by atoms with Gasteiger partial charge in [-0.3, -0.25) is 4.57 Å². The van der Waals surface area contributed by atoms with Crippen LogP contribution in [0.2, 0.25) is 0 Å². The Labute approximate surface area is 165 Å². The van der Waals surface area contributed by atoms with E-state index in [0.717, 1.165) is 26.9 Å². The van der Waals surface area contributed by atoms with E-state index in [2.05, 4.69) is 18.9 Å². The van der Waals surface area contributed by atoms with Crippen LogP contribution in [-0.4, -0.2) is 19.2 Å². The molecule has 5 nitrogen and oxygen atoms in total. The molecule has 0 bridgehead atoms. The van der Waals surface area contributed by atoms with E-state index in [-0.39, 0.29) is 5.69 Å². The van der Waals surface area contributed by atoms with Crippen molar-refractivity contribution >= 4 is 27.2 Å². The third-order valence-corrected chi connectivity index (χ3v) is 6.30. The van der Waals surface area contributed by atoms with Crippen LogP contribution < -0.4 is 5.69 Å². The van der Waals surface area contributed by atoms with E-state index in [1.165, 1.54) is 9.39 Å². The van der Waals surface area contributed by atoms with Gasteiger partial charge in [-0.1, -0.05) is 60.7 Å². The highest BCUT2D eigenvalue weighted by Gasteiger charge is 2.20. The molecule has 0 amide bonds. The molecule has 0 saturated carbocycles. The number of aryl methyl sites for hydroxylation is 2. The van der Waals surface area contributed by atoms with Gasteiger partial charge in [-0.2, -0.15) is 4.52 Å². The zero-order valence-electron chi connectivity index (χ0n) is 15.6. The van der Waals surface area contributed by atoms with E-state index in [9.17, 15) is 4.79 Å². The molecule has 0 aliphatic carbocycles. The minimum absolute atomic E-state index is 0.165. The lowest BCUT2D eigenvalue weighted by Gasteiger charge is -2.08. The van der Waals surface area contributed by atoms with Gasteiger partial charge in [-0.05, 0) is 25.0 Å². The van der Waals surface area contributed by atoms with Gasteiger partial charge in [-0.25, -0.2) is 9.78 Å². The summed E-state index contributed by atoms with van der Waals surface area (Å²) in [5.41, 5.74) is 3.60. The maximum absolute atomic E-state index is 13.3. The Morgan fingerprint density at radius 1 is 0.964 bits per heavy atom. The monoisotopic (exact) mass is 386 g/mol. The quantitative estimate of drug-likeness (QED) is 0.461. The summed E-state index contributed by atoms with van der Waals surface area (Å²) in [6.07, 6.45) is 0. The lowest BCUT2D eigenvalue weighted by Crippen LogP contribution is -2.27. The first-order valence-electron chi connectivity index (χ1n) is 9.12. The van der Waals surface area contributed by atoms with Crippen molar-refractivity contribution in [2.75, 3.05) is 0 Å².